The Kier molecular flexibility index (Phi) is 6.76. The smallest absolute Gasteiger partial charge is 0.415 e. The highest BCUT2D eigenvalue weighted by Gasteiger charge is 2.25. The maximum atomic E-state index is 12.5. The molecule has 6 nitrogen and oxygen atoms in total. The van der Waals surface area contributed by atoms with Crippen LogP contribution in [0.25, 0.3) is 0 Å². The number of carbonyl (C=O) groups is 2. The third kappa shape index (κ3) is 5.16. The van der Waals surface area contributed by atoms with Gasteiger partial charge in [0.05, 0.1) is 12.7 Å². The summed E-state index contributed by atoms with van der Waals surface area (Å²) in [6.45, 7) is 1.75. The molecule has 0 aliphatic carbocycles. The molecule has 3 rings (SSSR count). The lowest BCUT2D eigenvalue weighted by Crippen LogP contribution is -2.42. The van der Waals surface area contributed by atoms with Gasteiger partial charge < -0.3 is 19.7 Å². The molecule has 1 aliphatic heterocycles. The molecule has 1 N–H and O–H groups in total. The number of nitrogens with zero attached hydrogens (tertiary/aromatic N) is 1. The maximum absolute atomic E-state index is 12.5. The fraction of sp³-hybridized carbons (Fsp3) is 0.333. The number of hydrogen-bond donors (Lipinski definition) is 1. The molecule has 0 unspecified atom stereocenters. The average Bonchev–Trinajstić information content (AvgIpc) is 2.73. The van der Waals surface area contributed by atoms with Gasteiger partial charge in [0, 0.05) is 24.7 Å². The summed E-state index contributed by atoms with van der Waals surface area (Å²) in [7, 11) is 1.52. The molecule has 0 saturated carbocycles. The Hall–Kier alpha value is -2.73. The summed E-state index contributed by atoms with van der Waals surface area (Å²) in [4.78, 5) is 26.4. The van der Waals surface area contributed by atoms with Crippen molar-refractivity contribution in [1.29, 1.82) is 0 Å². The van der Waals surface area contributed by atoms with Gasteiger partial charge >= 0.3 is 6.09 Å². The molecule has 28 heavy (non-hydrogen) atoms. The number of nitrogens with one attached hydrogen (secondary N) is 1. The first-order valence-electron chi connectivity index (χ1n) is 9.20. The van der Waals surface area contributed by atoms with Gasteiger partial charge in [-0.05, 0) is 49.1 Å². The van der Waals surface area contributed by atoms with Crippen molar-refractivity contribution < 1.29 is 19.1 Å². The lowest BCUT2D eigenvalue weighted by molar-refractivity contribution is 0.0928. The third-order valence-electron chi connectivity index (χ3n) is 4.78. The van der Waals surface area contributed by atoms with Crippen molar-refractivity contribution in [2.75, 3.05) is 26.7 Å². The van der Waals surface area contributed by atoms with E-state index in [0.29, 0.717) is 47.6 Å². The molecule has 1 saturated heterocycles. The molecule has 0 spiro atoms. The van der Waals surface area contributed by atoms with Crippen molar-refractivity contribution in [2.24, 2.45) is 5.92 Å². The Morgan fingerprint density at radius 1 is 1.14 bits per heavy atom. The van der Waals surface area contributed by atoms with Crippen molar-refractivity contribution >= 4 is 23.6 Å². The van der Waals surface area contributed by atoms with Crippen molar-refractivity contribution in [3.8, 4) is 11.5 Å². The number of hydrogen-bond acceptors (Lipinski definition) is 4. The average molecular weight is 403 g/mol. The van der Waals surface area contributed by atoms with E-state index in [1.54, 1.807) is 35.2 Å². The monoisotopic (exact) mass is 402 g/mol. The number of rotatable bonds is 5. The van der Waals surface area contributed by atoms with Crippen molar-refractivity contribution in [3.63, 3.8) is 0 Å². The van der Waals surface area contributed by atoms with Gasteiger partial charge in [-0.2, -0.15) is 0 Å². The standard InChI is InChI=1S/C21H23ClN2O4/c1-27-19-8-7-16(22)13-18(19)20(25)23-14-15-9-11-24(12-10-15)21(26)28-17-5-3-2-4-6-17/h2-8,13,15H,9-12,14H2,1H3,(H,23,25). The first-order valence-corrected chi connectivity index (χ1v) is 9.58. The number of carbonyl (C=O) groups excluding carboxylic acids is 2. The fourth-order valence-corrected chi connectivity index (χ4v) is 3.34. The van der Waals surface area contributed by atoms with E-state index in [-0.39, 0.29) is 12.0 Å². The first kappa shape index (κ1) is 20.0. The molecular weight excluding hydrogens is 380 g/mol. The van der Waals surface area contributed by atoms with E-state index < -0.39 is 0 Å². The molecule has 2 amide bonds. The van der Waals surface area contributed by atoms with E-state index in [4.69, 9.17) is 21.1 Å². The number of ether oxygens (including phenoxy) is 2. The Labute approximate surface area is 169 Å². The SMILES string of the molecule is COc1ccc(Cl)cc1C(=O)NCC1CCN(C(=O)Oc2ccccc2)CC1. The lowest BCUT2D eigenvalue weighted by Gasteiger charge is -2.31. The Bertz CT molecular complexity index is 820. The van der Waals surface area contributed by atoms with Gasteiger partial charge in [-0.3, -0.25) is 4.79 Å². The number of amides is 2. The van der Waals surface area contributed by atoms with Crippen LogP contribution in [0, 0.1) is 5.92 Å². The van der Waals surface area contributed by atoms with Gasteiger partial charge in [0.1, 0.15) is 11.5 Å². The summed E-state index contributed by atoms with van der Waals surface area (Å²) < 4.78 is 10.6. The normalized spacial score (nSPS) is 14.4. The summed E-state index contributed by atoms with van der Waals surface area (Å²) in [6.07, 6.45) is 1.27. The number of likely N-dealkylation sites (tertiary alicyclic amines) is 1. The molecule has 7 heteroatoms. The van der Waals surface area contributed by atoms with E-state index in [0.717, 1.165) is 12.8 Å². The minimum Gasteiger partial charge on any atom is -0.496 e. The molecule has 2 aromatic rings. The molecule has 1 aliphatic rings. The van der Waals surface area contributed by atoms with Crippen LogP contribution in [0.5, 0.6) is 11.5 Å². The molecule has 0 bridgehead atoms. The van der Waals surface area contributed by atoms with Crippen LogP contribution < -0.4 is 14.8 Å². The first-order chi connectivity index (χ1) is 13.6. The Morgan fingerprint density at radius 2 is 1.86 bits per heavy atom. The molecule has 148 valence electrons. The van der Waals surface area contributed by atoms with Gasteiger partial charge in [0.2, 0.25) is 0 Å². The Balaban J connectivity index is 1.46. The van der Waals surface area contributed by atoms with Gasteiger partial charge in [-0.25, -0.2) is 4.79 Å². The summed E-state index contributed by atoms with van der Waals surface area (Å²) >= 11 is 5.99. The zero-order chi connectivity index (χ0) is 19.9. The highest BCUT2D eigenvalue weighted by Crippen LogP contribution is 2.23. The van der Waals surface area contributed by atoms with Crippen LogP contribution in [0.1, 0.15) is 23.2 Å². The van der Waals surface area contributed by atoms with Crippen LogP contribution in [0.2, 0.25) is 5.02 Å². The molecule has 0 aromatic heterocycles. The second-order valence-electron chi connectivity index (χ2n) is 6.67. The van der Waals surface area contributed by atoms with E-state index in [2.05, 4.69) is 5.32 Å². The number of para-hydroxylation sites is 1. The topological polar surface area (TPSA) is 67.9 Å². The maximum Gasteiger partial charge on any atom is 0.415 e. The third-order valence-corrected chi connectivity index (χ3v) is 5.01. The molecule has 0 radical (unpaired) electrons. The zero-order valence-electron chi connectivity index (χ0n) is 15.7. The molecule has 1 heterocycles. The summed E-state index contributed by atoms with van der Waals surface area (Å²) in [5, 5.41) is 3.42. The van der Waals surface area contributed by atoms with E-state index in [9.17, 15) is 9.59 Å². The van der Waals surface area contributed by atoms with Crippen LogP contribution in [0.3, 0.4) is 0 Å². The van der Waals surface area contributed by atoms with Crippen molar-refractivity contribution in [3.05, 3.63) is 59.1 Å². The summed E-state index contributed by atoms with van der Waals surface area (Å²) in [5.41, 5.74) is 0.416. The predicted molar refractivity (Wildman–Crippen MR) is 107 cm³/mol. The number of halogens is 1. The van der Waals surface area contributed by atoms with E-state index >= 15 is 0 Å². The number of methoxy groups -OCH3 is 1. The highest BCUT2D eigenvalue weighted by atomic mass is 35.5. The van der Waals surface area contributed by atoms with Crippen LogP contribution >= 0.6 is 11.6 Å². The van der Waals surface area contributed by atoms with Gasteiger partial charge in [0.25, 0.3) is 5.91 Å². The van der Waals surface area contributed by atoms with Gasteiger partial charge in [-0.1, -0.05) is 29.8 Å². The Morgan fingerprint density at radius 3 is 2.54 bits per heavy atom. The molecule has 1 fully saturated rings. The molecular formula is C21H23ClN2O4. The highest BCUT2D eigenvalue weighted by molar-refractivity contribution is 6.31. The fourth-order valence-electron chi connectivity index (χ4n) is 3.16. The second kappa shape index (κ2) is 9.46. The molecule has 2 aromatic carbocycles. The zero-order valence-corrected chi connectivity index (χ0v) is 16.4. The molecule has 0 atom stereocenters. The van der Waals surface area contributed by atoms with Crippen LogP contribution in [-0.2, 0) is 0 Å². The van der Waals surface area contributed by atoms with Crippen LogP contribution in [0.4, 0.5) is 4.79 Å². The second-order valence-corrected chi connectivity index (χ2v) is 7.10. The number of piperidine rings is 1. The van der Waals surface area contributed by atoms with E-state index in [1.807, 2.05) is 18.2 Å². The van der Waals surface area contributed by atoms with Crippen LogP contribution in [-0.4, -0.2) is 43.6 Å². The van der Waals surface area contributed by atoms with Gasteiger partial charge in [0.15, 0.2) is 0 Å². The van der Waals surface area contributed by atoms with Crippen molar-refractivity contribution in [2.45, 2.75) is 12.8 Å². The number of benzene rings is 2. The lowest BCUT2D eigenvalue weighted by atomic mass is 9.97. The summed E-state index contributed by atoms with van der Waals surface area (Å²) in [6, 6.07) is 14.0. The minimum atomic E-state index is -0.336. The van der Waals surface area contributed by atoms with E-state index in [1.165, 1.54) is 7.11 Å². The predicted octanol–water partition coefficient (Wildman–Crippen LogP) is 3.99. The van der Waals surface area contributed by atoms with Crippen molar-refractivity contribution in [1.82, 2.24) is 10.2 Å². The largest absolute Gasteiger partial charge is 0.496 e. The minimum absolute atomic E-state index is 0.217. The van der Waals surface area contributed by atoms with Gasteiger partial charge in [-0.15, -0.1) is 0 Å². The van der Waals surface area contributed by atoms with Crippen LogP contribution in [0.15, 0.2) is 48.5 Å². The summed E-state index contributed by atoms with van der Waals surface area (Å²) in [5.74, 6) is 1.11. The quantitative estimate of drug-likeness (QED) is 0.821.